The average Bonchev–Trinajstić information content (AvgIpc) is 3.52. The highest BCUT2D eigenvalue weighted by Gasteiger charge is 2.52. The number of hydrogen-bond donors (Lipinski definition) is 1. The van der Waals surface area contributed by atoms with E-state index in [-0.39, 0.29) is 53.5 Å². The number of non-ortho nitro benzene ring substituents is 1. The molecule has 0 amide bonds. The topological polar surface area (TPSA) is 142 Å². The SMILES string of the molecule is CCOC(=O)C1=C(N)N(c2cc([N+](=O)[O-])ccc2C)C2=C(C(=O)[C@@H](C(=O)OCC)[C@@H](c3cccs3)C2)[C@@H]1c1ccccc1F. The highest BCUT2D eigenvalue weighted by molar-refractivity contribution is 7.10. The fourth-order valence-electron chi connectivity index (χ4n) is 5.96. The van der Waals surface area contributed by atoms with Gasteiger partial charge in [0.1, 0.15) is 17.6 Å². The number of nitrogens with two attached hydrogens (primary N) is 1. The zero-order valence-corrected chi connectivity index (χ0v) is 25.1. The van der Waals surface area contributed by atoms with Crippen LogP contribution in [-0.2, 0) is 23.9 Å². The van der Waals surface area contributed by atoms with Crippen LogP contribution in [0.15, 0.2) is 82.6 Å². The summed E-state index contributed by atoms with van der Waals surface area (Å²) in [4.78, 5) is 55.2. The molecule has 2 heterocycles. The van der Waals surface area contributed by atoms with E-state index in [1.165, 1.54) is 52.6 Å². The molecule has 1 aliphatic heterocycles. The maximum absolute atomic E-state index is 15.6. The molecular weight excluding hydrogens is 589 g/mol. The maximum atomic E-state index is 15.6. The third-order valence-corrected chi connectivity index (χ3v) is 8.85. The van der Waals surface area contributed by atoms with E-state index in [2.05, 4.69) is 0 Å². The number of benzene rings is 2. The molecule has 10 nitrogen and oxygen atoms in total. The molecule has 5 rings (SSSR count). The first kappa shape index (κ1) is 30.6. The van der Waals surface area contributed by atoms with Crippen LogP contribution in [0.5, 0.6) is 0 Å². The number of thiophene rings is 1. The predicted molar refractivity (Wildman–Crippen MR) is 161 cm³/mol. The number of rotatable bonds is 8. The molecule has 0 unspecified atom stereocenters. The number of ether oxygens (including phenoxy) is 2. The van der Waals surface area contributed by atoms with Gasteiger partial charge in [0.25, 0.3) is 5.69 Å². The van der Waals surface area contributed by atoms with Crippen molar-refractivity contribution in [1.29, 1.82) is 0 Å². The minimum absolute atomic E-state index is 0.00745. The zero-order valence-electron chi connectivity index (χ0n) is 24.2. The van der Waals surface area contributed by atoms with Crippen molar-refractivity contribution >= 4 is 40.4 Å². The van der Waals surface area contributed by atoms with Gasteiger partial charge in [-0.2, -0.15) is 0 Å². The first-order chi connectivity index (χ1) is 21.1. The van der Waals surface area contributed by atoms with Gasteiger partial charge in [-0.15, -0.1) is 11.3 Å². The molecule has 3 atom stereocenters. The number of hydrogen-bond acceptors (Lipinski definition) is 10. The molecule has 0 radical (unpaired) electrons. The Bertz CT molecular complexity index is 1720. The standard InChI is InChI=1S/C32H30FN3O7S/c1-4-42-31(38)26-20(24-11-8-14-44-24)16-23-27(29(26)37)25(19-9-6-7-10-21(19)33)28(32(39)43-5-2)30(34)35(23)22-15-18(36(40)41)13-12-17(22)3/h6-15,20,25-26H,4-5,16,34H2,1-3H3/t20-,25+,26+/m1/s1. The Labute approximate surface area is 256 Å². The smallest absolute Gasteiger partial charge is 0.338 e. The lowest BCUT2D eigenvalue weighted by Gasteiger charge is -2.44. The second-order valence-corrected chi connectivity index (χ2v) is 11.3. The Morgan fingerprint density at radius 2 is 1.84 bits per heavy atom. The van der Waals surface area contributed by atoms with Crippen LogP contribution >= 0.6 is 11.3 Å². The molecule has 1 aliphatic carbocycles. The Kier molecular flexibility index (Phi) is 8.63. The maximum Gasteiger partial charge on any atom is 0.338 e. The second-order valence-electron chi connectivity index (χ2n) is 10.3. The van der Waals surface area contributed by atoms with Crippen LogP contribution in [0.1, 0.15) is 48.1 Å². The number of esters is 2. The van der Waals surface area contributed by atoms with Crippen molar-refractivity contribution < 1.29 is 33.2 Å². The van der Waals surface area contributed by atoms with Gasteiger partial charge in [0.05, 0.1) is 35.3 Å². The number of carbonyl (C=O) groups is 3. The highest BCUT2D eigenvalue weighted by Crippen LogP contribution is 2.53. The lowest BCUT2D eigenvalue weighted by Crippen LogP contribution is -2.46. The third kappa shape index (κ3) is 5.25. The minimum Gasteiger partial charge on any atom is -0.465 e. The molecule has 228 valence electrons. The monoisotopic (exact) mass is 619 g/mol. The number of nitro groups is 1. The molecule has 3 aromatic rings. The lowest BCUT2D eigenvalue weighted by atomic mass is 9.68. The Balaban J connectivity index is 1.87. The van der Waals surface area contributed by atoms with Crippen molar-refractivity contribution in [3.8, 4) is 0 Å². The van der Waals surface area contributed by atoms with Gasteiger partial charge < -0.3 is 15.2 Å². The summed E-state index contributed by atoms with van der Waals surface area (Å²) < 4.78 is 26.3. The van der Waals surface area contributed by atoms with Gasteiger partial charge in [-0.05, 0) is 50.3 Å². The molecule has 0 saturated heterocycles. The molecule has 0 saturated carbocycles. The fourth-order valence-corrected chi connectivity index (χ4v) is 6.82. The quantitative estimate of drug-likeness (QED) is 0.147. The number of aryl methyl sites for hydroxylation is 1. The minimum atomic E-state index is -1.32. The predicted octanol–water partition coefficient (Wildman–Crippen LogP) is 5.63. The largest absolute Gasteiger partial charge is 0.465 e. The van der Waals surface area contributed by atoms with Gasteiger partial charge >= 0.3 is 11.9 Å². The van der Waals surface area contributed by atoms with Gasteiger partial charge in [0, 0.05) is 39.8 Å². The molecule has 1 aromatic heterocycles. The Morgan fingerprint density at radius 1 is 1.11 bits per heavy atom. The van der Waals surface area contributed by atoms with Crippen molar-refractivity contribution in [2.75, 3.05) is 18.1 Å². The first-order valence-corrected chi connectivity index (χ1v) is 14.9. The van der Waals surface area contributed by atoms with E-state index >= 15 is 4.39 Å². The van der Waals surface area contributed by atoms with Gasteiger partial charge in [-0.3, -0.25) is 24.6 Å². The molecule has 44 heavy (non-hydrogen) atoms. The van der Waals surface area contributed by atoms with E-state index in [0.29, 0.717) is 11.3 Å². The van der Waals surface area contributed by atoms with E-state index in [1.54, 1.807) is 32.9 Å². The van der Waals surface area contributed by atoms with E-state index in [1.807, 2.05) is 11.4 Å². The van der Waals surface area contributed by atoms with Gasteiger partial charge in [0.15, 0.2) is 5.78 Å². The van der Waals surface area contributed by atoms with Crippen molar-refractivity contribution in [1.82, 2.24) is 0 Å². The molecule has 2 aromatic carbocycles. The molecule has 12 heteroatoms. The number of halogens is 1. The van der Waals surface area contributed by atoms with Crippen LogP contribution in [0.25, 0.3) is 0 Å². The van der Waals surface area contributed by atoms with Crippen LogP contribution in [0.3, 0.4) is 0 Å². The lowest BCUT2D eigenvalue weighted by molar-refractivity contribution is -0.384. The van der Waals surface area contributed by atoms with E-state index in [0.717, 1.165) is 4.88 Å². The highest BCUT2D eigenvalue weighted by atomic mass is 32.1. The number of ketones is 1. The van der Waals surface area contributed by atoms with Crippen LogP contribution in [-0.4, -0.2) is 35.9 Å². The van der Waals surface area contributed by atoms with Crippen LogP contribution in [0.4, 0.5) is 15.8 Å². The van der Waals surface area contributed by atoms with Crippen molar-refractivity contribution in [3.63, 3.8) is 0 Å². The van der Waals surface area contributed by atoms with E-state index in [9.17, 15) is 24.5 Å². The summed E-state index contributed by atoms with van der Waals surface area (Å²) in [5, 5.41) is 13.6. The summed E-state index contributed by atoms with van der Waals surface area (Å²) >= 11 is 1.36. The first-order valence-electron chi connectivity index (χ1n) is 14.0. The normalized spacial score (nSPS) is 20.0. The van der Waals surface area contributed by atoms with E-state index in [4.69, 9.17) is 15.2 Å². The van der Waals surface area contributed by atoms with E-state index < -0.39 is 46.2 Å². The van der Waals surface area contributed by atoms with Gasteiger partial charge in [-0.25, -0.2) is 9.18 Å². The summed E-state index contributed by atoms with van der Waals surface area (Å²) in [6, 6.07) is 13.5. The number of anilines is 1. The number of carbonyl (C=O) groups excluding carboxylic acids is 3. The number of nitro benzene ring substituents is 1. The molecule has 2 N–H and O–H groups in total. The summed E-state index contributed by atoms with van der Waals surface area (Å²) in [5.41, 5.74) is 7.43. The molecule has 0 fully saturated rings. The Hall–Kier alpha value is -4.84. The van der Waals surface area contributed by atoms with Crippen LogP contribution in [0, 0.1) is 28.8 Å². The number of allylic oxidation sites excluding steroid dienone is 2. The molecular formula is C32H30FN3O7S. The summed E-state index contributed by atoms with van der Waals surface area (Å²) in [5.74, 6) is -6.44. The zero-order chi connectivity index (χ0) is 31.7. The van der Waals surface area contributed by atoms with Crippen molar-refractivity contribution in [2.45, 2.75) is 39.0 Å². The van der Waals surface area contributed by atoms with Crippen LogP contribution < -0.4 is 10.6 Å². The number of nitrogens with zero attached hydrogens (tertiary/aromatic N) is 2. The van der Waals surface area contributed by atoms with Crippen molar-refractivity contribution in [2.24, 2.45) is 11.7 Å². The Morgan fingerprint density at radius 3 is 2.48 bits per heavy atom. The third-order valence-electron chi connectivity index (χ3n) is 7.84. The molecule has 0 spiro atoms. The molecule has 0 bridgehead atoms. The summed E-state index contributed by atoms with van der Waals surface area (Å²) in [6.07, 6.45) is 0.0644. The second kappa shape index (κ2) is 12.4. The van der Waals surface area contributed by atoms with Crippen molar-refractivity contribution in [3.05, 3.63) is 115 Å². The summed E-state index contributed by atoms with van der Waals surface area (Å²) in [6.45, 7) is 4.93. The fraction of sp³-hybridized carbons (Fsp3) is 0.281. The average molecular weight is 620 g/mol. The number of Topliss-reactive ketones (excluding diaryl/α,β-unsaturated/α-hetero) is 1. The van der Waals surface area contributed by atoms with Gasteiger partial charge in [-0.1, -0.05) is 30.3 Å². The summed E-state index contributed by atoms with van der Waals surface area (Å²) in [7, 11) is 0. The van der Waals surface area contributed by atoms with Crippen LogP contribution in [0.2, 0.25) is 0 Å². The molecule has 2 aliphatic rings. The van der Waals surface area contributed by atoms with Gasteiger partial charge in [0.2, 0.25) is 0 Å².